The molecular formula is C12H21N3O3. The normalized spacial score (nSPS) is 10.6. The van der Waals surface area contributed by atoms with Gasteiger partial charge in [0.2, 0.25) is 0 Å². The zero-order chi connectivity index (χ0) is 13.4. The molecule has 0 amide bonds. The van der Waals surface area contributed by atoms with Gasteiger partial charge in [-0.15, -0.1) is 0 Å². The predicted molar refractivity (Wildman–Crippen MR) is 68.1 cm³/mol. The Balaban J connectivity index is 2.43. The Morgan fingerprint density at radius 2 is 2.17 bits per heavy atom. The van der Waals surface area contributed by atoms with Crippen LogP contribution in [-0.4, -0.2) is 34.1 Å². The number of nitrogen functional groups attached to an aromatic ring is 1. The molecule has 0 bridgehead atoms. The Morgan fingerprint density at radius 1 is 1.44 bits per heavy atom. The molecule has 0 saturated carbocycles. The maximum Gasteiger partial charge on any atom is 0.361 e. The lowest BCUT2D eigenvalue weighted by Crippen LogP contribution is -2.09. The Bertz CT molecular complexity index is 377. The first kappa shape index (κ1) is 14.5. The smallest absolute Gasteiger partial charge is 0.361 e. The number of aliphatic hydroxyl groups is 1. The average molecular weight is 255 g/mol. The third-order valence-electron chi connectivity index (χ3n) is 2.55. The highest BCUT2D eigenvalue weighted by Crippen LogP contribution is 2.11. The topological polar surface area (TPSA) is 90.4 Å². The molecule has 1 aromatic heterocycles. The van der Waals surface area contributed by atoms with Gasteiger partial charge in [0.25, 0.3) is 0 Å². The lowest BCUT2D eigenvalue weighted by atomic mass is 10.2. The highest BCUT2D eigenvalue weighted by atomic mass is 16.5. The molecule has 6 heteroatoms. The molecule has 3 N–H and O–H groups in total. The maximum atomic E-state index is 11.5. The molecule has 0 aliphatic carbocycles. The molecule has 0 spiro atoms. The summed E-state index contributed by atoms with van der Waals surface area (Å²) < 4.78 is 6.52. The number of rotatable bonds is 8. The Labute approximate surface area is 107 Å². The van der Waals surface area contributed by atoms with Crippen molar-refractivity contribution >= 4 is 11.7 Å². The van der Waals surface area contributed by atoms with Crippen molar-refractivity contribution < 1.29 is 14.6 Å². The number of hydrogen-bond acceptors (Lipinski definition) is 5. The van der Waals surface area contributed by atoms with Gasteiger partial charge in [0.15, 0.2) is 5.69 Å². The van der Waals surface area contributed by atoms with Gasteiger partial charge in [-0.1, -0.05) is 12.8 Å². The van der Waals surface area contributed by atoms with Crippen LogP contribution < -0.4 is 5.73 Å². The van der Waals surface area contributed by atoms with Crippen LogP contribution >= 0.6 is 0 Å². The predicted octanol–water partition coefficient (Wildman–Crippen LogP) is 1.19. The Hall–Kier alpha value is -1.56. The van der Waals surface area contributed by atoms with Crippen molar-refractivity contribution in [3.8, 4) is 0 Å². The summed E-state index contributed by atoms with van der Waals surface area (Å²) in [6, 6.07) is 0. The van der Waals surface area contributed by atoms with E-state index in [1.165, 1.54) is 0 Å². The van der Waals surface area contributed by atoms with Crippen LogP contribution in [0, 0.1) is 0 Å². The van der Waals surface area contributed by atoms with E-state index < -0.39 is 5.97 Å². The van der Waals surface area contributed by atoms with Crippen molar-refractivity contribution in [1.82, 2.24) is 9.78 Å². The van der Waals surface area contributed by atoms with Gasteiger partial charge < -0.3 is 15.6 Å². The molecule has 102 valence electrons. The fraction of sp³-hybridized carbons (Fsp3) is 0.667. The van der Waals surface area contributed by atoms with E-state index in [1.54, 1.807) is 17.8 Å². The minimum atomic E-state index is -0.478. The molecule has 0 aromatic carbocycles. The average Bonchev–Trinajstić information content (AvgIpc) is 2.71. The molecule has 0 aliphatic heterocycles. The molecule has 0 atom stereocenters. The van der Waals surface area contributed by atoms with Gasteiger partial charge in [0.05, 0.1) is 12.3 Å². The van der Waals surface area contributed by atoms with Crippen LogP contribution in [0.5, 0.6) is 0 Å². The number of anilines is 1. The van der Waals surface area contributed by atoms with Crippen molar-refractivity contribution in [1.29, 1.82) is 0 Å². The van der Waals surface area contributed by atoms with Crippen LogP contribution in [-0.2, 0) is 11.3 Å². The molecular weight excluding hydrogens is 234 g/mol. The van der Waals surface area contributed by atoms with Gasteiger partial charge >= 0.3 is 5.97 Å². The van der Waals surface area contributed by atoms with E-state index in [0.29, 0.717) is 12.3 Å². The molecule has 0 radical (unpaired) electrons. The Morgan fingerprint density at radius 3 is 2.83 bits per heavy atom. The van der Waals surface area contributed by atoms with E-state index in [0.717, 1.165) is 32.2 Å². The van der Waals surface area contributed by atoms with E-state index in [9.17, 15) is 4.79 Å². The third kappa shape index (κ3) is 4.37. The first-order valence-corrected chi connectivity index (χ1v) is 6.30. The molecule has 1 heterocycles. The highest BCUT2D eigenvalue weighted by molar-refractivity contribution is 5.92. The number of carbonyl (C=O) groups is 1. The van der Waals surface area contributed by atoms with E-state index in [-0.39, 0.29) is 12.3 Å². The van der Waals surface area contributed by atoms with Crippen LogP contribution in [0.15, 0.2) is 6.20 Å². The van der Waals surface area contributed by atoms with Crippen LogP contribution in [0.4, 0.5) is 5.69 Å². The van der Waals surface area contributed by atoms with E-state index in [2.05, 4.69) is 5.10 Å². The molecule has 18 heavy (non-hydrogen) atoms. The van der Waals surface area contributed by atoms with Crippen LogP contribution in [0.2, 0.25) is 0 Å². The van der Waals surface area contributed by atoms with E-state index >= 15 is 0 Å². The minimum Gasteiger partial charge on any atom is -0.461 e. The number of hydrogen-bond donors (Lipinski definition) is 2. The molecule has 1 rings (SSSR count). The SMILES string of the molecule is CCOC(=O)c1nn(CCCCCCO)cc1N. The number of aromatic nitrogens is 2. The van der Waals surface area contributed by atoms with Crippen molar-refractivity contribution in [3.05, 3.63) is 11.9 Å². The van der Waals surface area contributed by atoms with Gasteiger partial charge in [-0.2, -0.15) is 5.10 Å². The first-order valence-electron chi connectivity index (χ1n) is 6.30. The zero-order valence-electron chi connectivity index (χ0n) is 10.8. The zero-order valence-corrected chi connectivity index (χ0v) is 10.8. The van der Waals surface area contributed by atoms with Crippen molar-refractivity contribution in [2.75, 3.05) is 18.9 Å². The lowest BCUT2D eigenvalue weighted by Gasteiger charge is -2.01. The number of aryl methyl sites for hydroxylation is 1. The summed E-state index contributed by atoms with van der Waals surface area (Å²) >= 11 is 0. The van der Waals surface area contributed by atoms with Gasteiger partial charge in [-0.05, 0) is 19.8 Å². The fourth-order valence-electron chi connectivity index (χ4n) is 1.65. The number of carbonyl (C=O) groups excluding carboxylic acids is 1. The number of aliphatic hydroxyl groups excluding tert-OH is 1. The van der Waals surface area contributed by atoms with Gasteiger partial charge in [-0.3, -0.25) is 4.68 Å². The molecule has 1 aromatic rings. The van der Waals surface area contributed by atoms with Crippen molar-refractivity contribution in [3.63, 3.8) is 0 Å². The second-order valence-electron chi connectivity index (χ2n) is 4.05. The number of esters is 1. The van der Waals surface area contributed by atoms with Gasteiger partial charge in [0.1, 0.15) is 0 Å². The van der Waals surface area contributed by atoms with Crippen LogP contribution in [0.1, 0.15) is 43.1 Å². The summed E-state index contributed by atoms with van der Waals surface area (Å²) in [6.07, 6.45) is 5.45. The fourth-order valence-corrected chi connectivity index (χ4v) is 1.65. The summed E-state index contributed by atoms with van der Waals surface area (Å²) in [6.45, 7) is 3.01. The lowest BCUT2D eigenvalue weighted by molar-refractivity contribution is 0.0519. The number of ether oxygens (including phenoxy) is 1. The Kier molecular flexibility index (Phi) is 6.21. The summed E-state index contributed by atoms with van der Waals surface area (Å²) in [5, 5.41) is 12.8. The molecule has 0 unspecified atom stereocenters. The molecule has 0 fully saturated rings. The summed E-state index contributed by atoms with van der Waals surface area (Å²) in [5.41, 5.74) is 6.25. The van der Waals surface area contributed by atoms with E-state index in [1.807, 2.05) is 0 Å². The first-order chi connectivity index (χ1) is 8.69. The standard InChI is InChI=1S/C12H21N3O3/c1-2-18-12(17)11-10(13)9-15(14-11)7-5-3-4-6-8-16/h9,16H,2-8,13H2,1H3. The number of nitrogens with two attached hydrogens (primary N) is 1. The van der Waals surface area contributed by atoms with Crippen LogP contribution in [0.3, 0.4) is 0 Å². The summed E-state index contributed by atoms with van der Waals surface area (Å²) in [5.74, 6) is -0.478. The van der Waals surface area contributed by atoms with Gasteiger partial charge in [0, 0.05) is 19.3 Å². The highest BCUT2D eigenvalue weighted by Gasteiger charge is 2.15. The quantitative estimate of drug-likeness (QED) is 0.538. The number of nitrogens with zero attached hydrogens (tertiary/aromatic N) is 2. The molecule has 0 saturated heterocycles. The summed E-state index contributed by atoms with van der Waals surface area (Å²) in [4.78, 5) is 11.5. The third-order valence-corrected chi connectivity index (χ3v) is 2.55. The van der Waals surface area contributed by atoms with Gasteiger partial charge in [-0.25, -0.2) is 4.79 Å². The minimum absolute atomic E-state index is 0.187. The van der Waals surface area contributed by atoms with E-state index in [4.69, 9.17) is 15.6 Å². The summed E-state index contributed by atoms with van der Waals surface area (Å²) in [7, 11) is 0. The largest absolute Gasteiger partial charge is 0.461 e. The van der Waals surface area contributed by atoms with Crippen molar-refractivity contribution in [2.45, 2.75) is 39.2 Å². The molecule has 0 aliphatic rings. The van der Waals surface area contributed by atoms with Crippen LogP contribution in [0.25, 0.3) is 0 Å². The monoisotopic (exact) mass is 255 g/mol. The maximum absolute atomic E-state index is 11.5. The molecule has 6 nitrogen and oxygen atoms in total. The second kappa shape index (κ2) is 7.71. The number of unbranched alkanes of at least 4 members (excludes halogenated alkanes) is 3. The van der Waals surface area contributed by atoms with Crippen molar-refractivity contribution in [2.24, 2.45) is 0 Å². The second-order valence-corrected chi connectivity index (χ2v) is 4.05.